The first-order chi connectivity index (χ1) is 36.1. The van der Waals surface area contributed by atoms with Gasteiger partial charge >= 0.3 is 63.6 Å². The molecule has 8 heterocycles. The zero-order valence-electron chi connectivity index (χ0n) is 45.1. The van der Waals surface area contributed by atoms with E-state index in [4.69, 9.17) is 28.8 Å². The predicted molar refractivity (Wildman–Crippen MR) is 288 cm³/mol. The number of likely N-dealkylation sites (tertiary alicyclic amines) is 2. The Labute approximate surface area is 494 Å². The molecule has 2 atom stereocenters. The number of carboxylic acids is 1. The van der Waals surface area contributed by atoms with Gasteiger partial charge in [0, 0.05) is 52.1 Å². The molecular formula is C59H65F2KN8O8. The second-order valence-electron chi connectivity index (χ2n) is 21.7. The number of rotatable bonds is 4. The van der Waals surface area contributed by atoms with Gasteiger partial charge in [0.1, 0.15) is 34.3 Å². The van der Waals surface area contributed by atoms with Crippen LogP contribution in [0.1, 0.15) is 116 Å². The van der Waals surface area contributed by atoms with E-state index in [0.717, 1.165) is 88.6 Å². The van der Waals surface area contributed by atoms with Crippen molar-refractivity contribution in [2.24, 2.45) is 0 Å². The monoisotopic (exact) mass is 1090 g/mol. The number of aryl methyl sites for hydroxylation is 2. The number of carbonyl (C=O) groups excluding carboxylic acids is 3. The van der Waals surface area contributed by atoms with E-state index in [9.17, 15) is 14.0 Å². The molecule has 0 aliphatic carbocycles. The summed E-state index contributed by atoms with van der Waals surface area (Å²) in [6.45, 7) is 17.8. The van der Waals surface area contributed by atoms with Gasteiger partial charge in [-0.25, -0.2) is 28.3 Å². The molecule has 0 bridgehead atoms. The van der Waals surface area contributed by atoms with Crippen LogP contribution < -0.4 is 66.0 Å². The van der Waals surface area contributed by atoms with E-state index in [-0.39, 0.29) is 101 Å². The molecule has 16 nitrogen and oxygen atoms in total. The quantitative estimate of drug-likeness (QED) is 0.161. The molecule has 0 spiro atoms. The van der Waals surface area contributed by atoms with Gasteiger partial charge < -0.3 is 48.0 Å². The standard InChI is InChI=1S/C39H44FN7O5.C17H14FNO.C2H4O2.CH4.K/c1-38(2,3)51-36(48)45-15-7-9-29(45)34-41-19-26(43-34)22-12-14-28-25(17-22)32(40)33-24-13-11-23(18-31(24)50-21-47(28)33)27-20-42-35(44-27)30-10-8-16-46(30)37(49)52-39(4,5)6;1-10-4-6-14-13(7-10)16(18)17-12-5-3-11(2)8-15(12)20-9-19(14)17;1-2(3)4;;/h11-14,17-20,29-30H,7-10,15-16,21H2,1-6H3,(H,41,43)(H,42,44);3-8H,9H2,1-2H3;1H3,(H,3,4);1H4;/q;;;;+1/p-1/t29-,30-;;;;/m0..../s1. The Hall–Kier alpha value is -6.51. The number of aliphatic carboxylic acids is 1. The van der Waals surface area contributed by atoms with Crippen molar-refractivity contribution in [3.05, 3.63) is 120 Å². The van der Waals surface area contributed by atoms with Gasteiger partial charge in [-0.3, -0.25) is 9.80 Å². The van der Waals surface area contributed by atoms with Crippen molar-refractivity contribution in [3.8, 4) is 56.5 Å². The van der Waals surface area contributed by atoms with Crippen LogP contribution in [0.2, 0.25) is 0 Å². The van der Waals surface area contributed by atoms with Crippen LogP contribution in [-0.4, -0.2) is 81.3 Å². The number of carbonyl (C=O) groups is 3. The fourth-order valence-electron chi connectivity index (χ4n) is 10.4. The van der Waals surface area contributed by atoms with Gasteiger partial charge in [0.15, 0.2) is 25.1 Å². The molecule has 2 fully saturated rings. The number of nitrogens with zero attached hydrogens (tertiary/aromatic N) is 6. The third kappa shape index (κ3) is 11.6. The van der Waals surface area contributed by atoms with Crippen molar-refractivity contribution in [1.29, 1.82) is 0 Å². The maximum absolute atomic E-state index is 16.4. The van der Waals surface area contributed by atoms with E-state index in [1.165, 1.54) is 0 Å². The fraction of sp³-hybridized carbons (Fsp3) is 0.373. The Morgan fingerprint density at radius 2 is 1.05 bits per heavy atom. The average molecular weight is 1090 g/mol. The smallest absolute Gasteiger partial charge is 0.550 e. The molecule has 78 heavy (non-hydrogen) atoms. The minimum absolute atomic E-state index is 0. The van der Waals surface area contributed by atoms with Crippen molar-refractivity contribution in [2.75, 3.05) is 13.1 Å². The number of carboxylic acid groups (broad SMARTS) is 1. The summed E-state index contributed by atoms with van der Waals surface area (Å²) in [6, 6.07) is 22.7. The number of fused-ring (bicyclic) bond motifs is 10. The number of halogens is 2. The molecule has 2 amide bonds. The molecule has 12 rings (SSSR count). The van der Waals surface area contributed by atoms with Crippen LogP contribution in [0.25, 0.3) is 66.8 Å². The van der Waals surface area contributed by atoms with Crippen molar-refractivity contribution in [3.63, 3.8) is 0 Å². The third-order valence-corrected chi connectivity index (χ3v) is 13.7. The van der Waals surface area contributed by atoms with Crippen LogP contribution in [-0.2, 0) is 27.7 Å². The maximum Gasteiger partial charge on any atom is 1.00 e. The molecule has 2 N–H and O–H groups in total. The number of ether oxygens (including phenoxy) is 4. The van der Waals surface area contributed by atoms with Crippen LogP contribution in [0, 0.1) is 25.5 Å². The summed E-state index contributed by atoms with van der Waals surface area (Å²) in [5.41, 5.74) is 8.34. The van der Waals surface area contributed by atoms with Gasteiger partial charge in [-0.05, 0) is 142 Å². The zero-order chi connectivity index (χ0) is 54.0. The second kappa shape index (κ2) is 22.7. The summed E-state index contributed by atoms with van der Waals surface area (Å²) < 4.78 is 58.2. The summed E-state index contributed by atoms with van der Waals surface area (Å²) in [4.78, 5) is 54.2. The minimum atomic E-state index is -1.08. The van der Waals surface area contributed by atoms with Crippen LogP contribution in [0.5, 0.6) is 11.5 Å². The Kier molecular flexibility index (Phi) is 16.8. The molecular weight excluding hydrogens is 1030 g/mol. The summed E-state index contributed by atoms with van der Waals surface area (Å²) >= 11 is 0. The van der Waals surface area contributed by atoms with Gasteiger partial charge in [0.25, 0.3) is 0 Å². The number of hydrogen-bond acceptors (Lipinski definition) is 10. The number of H-pyrrole nitrogens is 2. The van der Waals surface area contributed by atoms with Crippen molar-refractivity contribution < 1.29 is 98.6 Å². The molecule has 4 aromatic heterocycles. The number of nitrogens with one attached hydrogen (secondary N) is 2. The minimum Gasteiger partial charge on any atom is -0.550 e. The molecule has 2 saturated heterocycles. The van der Waals surface area contributed by atoms with E-state index >= 15 is 4.39 Å². The van der Waals surface area contributed by atoms with E-state index < -0.39 is 17.2 Å². The molecule has 8 aromatic rings. The third-order valence-electron chi connectivity index (χ3n) is 13.7. The van der Waals surface area contributed by atoms with E-state index in [0.29, 0.717) is 64.9 Å². The predicted octanol–water partition coefficient (Wildman–Crippen LogP) is 9.53. The van der Waals surface area contributed by atoms with E-state index in [1.807, 2.05) is 137 Å². The molecule has 4 aliphatic heterocycles. The normalized spacial score (nSPS) is 16.1. The number of amides is 2. The summed E-state index contributed by atoms with van der Waals surface area (Å²) in [6.07, 6.45) is 6.09. The first-order valence-corrected chi connectivity index (χ1v) is 25.5. The van der Waals surface area contributed by atoms with Gasteiger partial charge in [0.05, 0.1) is 58.3 Å². The molecule has 4 aromatic carbocycles. The number of imidazole rings is 2. The summed E-state index contributed by atoms with van der Waals surface area (Å²) in [7, 11) is 0. The second-order valence-corrected chi connectivity index (χ2v) is 21.7. The summed E-state index contributed by atoms with van der Waals surface area (Å²) in [5, 5.41) is 10.0. The molecule has 0 unspecified atom stereocenters. The molecule has 4 aliphatic rings. The van der Waals surface area contributed by atoms with Crippen molar-refractivity contribution in [1.82, 2.24) is 38.9 Å². The Bertz CT molecular complexity index is 3560. The topological polar surface area (TPSA) is 185 Å². The van der Waals surface area contributed by atoms with E-state index in [1.54, 1.807) is 22.2 Å². The van der Waals surface area contributed by atoms with Crippen LogP contribution in [0.15, 0.2) is 85.2 Å². The van der Waals surface area contributed by atoms with Gasteiger partial charge in [-0.2, -0.15) is 0 Å². The van der Waals surface area contributed by atoms with Crippen LogP contribution >= 0.6 is 0 Å². The number of aromatic amines is 2. The Morgan fingerprint density at radius 1 is 0.641 bits per heavy atom. The molecule has 404 valence electrons. The van der Waals surface area contributed by atoms with Crippen molar-refractivity contribution in [2.45, 2.75) is 132 Å². The largest absolute Gasteiger partial charge is 1.00 e. The molecule has 19 heteroatoms. The maximum atomic E-state index is 16.4. The summed E-state index contributed by atoms with van der Waals surface area (Å²) in [5.74, 6) is 1.15. The number of hydrogen-bond donors (Lipinski definition) is 2. The Balaban J connectivity index is 0.000000256. The SMILES string of the molecule is C.CC(=O)[O-].CC(C)(C)OC(=O)N1CCC[C@H]1c1ncc(-c2ccc3c(c2)OCn2c-3c(F)c3cc(-c4cnc([C@@H]5CCCN5C(=O)OC(C)(C)C)[nH]4)ccc32)[nH]1.Cc1ccc2c(c1)OCn1c-2c(F)c2cc(C)ccc21.[K+]. The fourth-order valence-corrected chi connectivity index (χ4v) is 10.4. The van der Waals surface area contributed by atoms with Crippen LogP contribution in [0.4, 0.5) is 18.4 Å². The van der Waals surface area contributed by atoms with Crippen LogP contribution in [0.3, 0.4) is 0 Å². The number of benzene rings is 4. The van der Waals surface area contributed by atoms with E-state index in [2.05, 4.69) is 19.9 Å². The Morgan fingerprint density at radius 3 is 1.55 bits per heavy atom. The first-order valence-electron chi connectivity index (χ1n) is 25.5. The average Bonchev–Trinajstić information content (AvgIpc) is 4.28. The van der Waals surface area contributed by atoms with Gasteiger partial charge in [-0.1, -0.05) is 37.3 Å². The van der Waals surface area contributed by atoms with Gasteiger partial charge in [-0.15, -0.1) is 0 Å². The molecule has 0 saturated carbocycles. The first kappa shape index (κ1) is 57.7. The van der Waals surface area contributed by atoms with Crippen molar-refractivity contribution >= 4 is 40.0 Å². The number of aromatic nitrogens is 6. The zero-order valence-corrected chi connectivity index (χ0v) is 48.2. The van der Waals surface area contributed by atoms with Gasteiger partial charge in [0.2, 0.25) is 0 Å². The molecule has 0 radical (unpaired) electrons.